The highest BCUT2D eigenvalue weighted by molar-refractivity contribution is 6.02. The lowest BCUT2D eigenvalue weighted by molar-refractivity contribution is -0.111. The van der Waals surface area contributed by atoms with Crippen molar-refractivity contribution in [3.63, 3.8) is 0 Å². The van der Waals surface area contributed by atoms with Gasteiger partial charge in [0.1, 0.15) is 5.82 Å². The topological polar surface area (TPSA) is 64.6 Å². The number of halogens is 2. The molecular weight excluding hydrogens is 332 g/mol. The van der Waals surface area contributed by atoms with Gasteiger partial charge in [-0.1, -0.05) is 6.07 Å². The van der Waals surface area contributed by atoms with Gasteiger partial charge >= 0.3 is 5.97 Å². The van der Waals surface area contributed by atoms with Crippen LogP contribution in [0.1, 0.15) is 15.9 Å². The summed E-state index contributed by atoms with van der Waals surface area (Å²) in [5, 5.41) is 2.48. The average molecular weight is 347 g/mol. The Morgan fingerprint density at radius 3 is 2.44 bits per heavy atom. The van der Waals surface area contributed by atoms with Crippen molar-refractivity contribution in [2.45, 2.75) is 0 Å². The van der Waals surface area contributed by atoms with Crippen LogP contribution in [0.5, 0.6) is 5.75 Å². The summed E-state index contributed by atoms with van der Waals surface area (Å²) in [7, 11) is 2.48. The molecule has 0 aliphatic heterocycles. The summed E-state index contributed by atoms with van der Waals surface area (Å²) in [6.07, 6.45) is 2.59. The summed E-state index contributed by atoms with van der Waals surface area (Å²) in [6, 6.07) is 7.76. The second kappa shape index (κ2) is 8.05. The summed E-state index contributed by atoms with van der Waals surface area (Å²) < 4.78 is 36.4. The van der Waals surface area contributed by atoms with Gasteiger partial charge < -0.3 is 14.8 Å². The molecule has 1 amide bonds. The van der Waals surface area contributed by atoms with Crippen LogP contribution >= 0.6 is 0 Å². The van der Waals surface area contributed by atoms with Crippen LogP contribution in [0.3, 0.4) is 0 Å². The standard InChI is InChI=1S/C18H15F2NO4/c1-24-16-7-3-11(9-15(16)20)4-8-17(22)21-12-5-6-14(19)13(10-12)18(23)25-2/h3-10H,1-2H3,(H,21,22). The smallest absolute Gasteiger partial charge is 0.340 e. The molecule has 0 saturated carbocycles. The number of nitrogens with one attached hydrogen (secondary N) is 1. The van der Waals surface area contributed by atoms with E-state index in [2.05, 4.69) is 10.1 Å². The largest absolute Gasteiger partial charge is 0.494 e. The highest BCUT2D eigenvalue weighted by Crippen LogP contribution is 2.19. The number of carbonyl (C=O) groups excluding carboxylic acids is 2. The van der Waals surface area contributed by atoms with Crippen molar-refractivity contribution in [1.29, 1.82) is 0 Å². The minimum absolute atomic E-state index is 0.100. The van der Waals surface area contributed by atoms with Crippen LogP contribution in [-0.2, 0) is 9.53 Å². The fraction of sp³-hybridized carbons (Fsp3) is 0.111. The molecule has 0 radical (unpaired) electrons. The molecule has 0 heterocycles. The van der Waals surface area contributed by atoms with Crippen LogP contribution in [0, 0.1) is 11.6 Å². The number of ether oxygens (including phenoxy) is 2. The monoisotopic (exact) mass is 347 g/mol. The normalized spacial score (nSPS) is 10.6. The molecule has 7 heteroatoms. The van der Waals surface area contributed by atoms with Gasteiger partial charge in [-0.2, -0.15) is 0 Å². The van der Waals surface area contributed by atoms with Gasteiger partial charge in [0.05, 0.1) is 19.8 Å². The molecule has 0 spiro atoms. The number of amides is 1. The van der Waals surface area contributed by atoms with Crippen molar-refractivity contribution in [2.75, 3.05) is 19.5 Å². The van der Waals surface area contributed by atoms with Gasteiger partial charge in [-0.3, -0.25) is 4.79 Å². The molecule has 5 nitrogen and oxygen atoms in total. The first-order chi connectivity index (χ1) is 11.9. The first kappa shape index (κ1) is 18.1. The Balaban J connectivity index is 2.10. The minimum Gasteiger partial charge on any atom is -0.494 e. The van der Waals surface area contributed by atoms with Crippen molar-refractivity contribution < 1.29 is 27.8 Å². The number of hydrogen-bond acceptors (Lipinski definition) is 4. The Labute approximate surface area is 142 Å². The molecule has 0 atom stereocenters. The number of hydrogen-bond donors (Lipinski definition) is 1. The van der Waals surface area contributed by atoms with Gasteiger partial charge in [-0.05, 0) is 42.0 Å². The Bertz CT molecular complexity index is 834. The lowest BCUT2D eigenvalue weighted by Crippen LogP contribution is -2.10. The van der Waals surface area contributed by atoms with Crippen molar-refractivity contribution in [3.05, 3.63) is 65.2 Å². The summed E-state index contributed by atoms with van der Waals surface area (Å²) in [5.41, 5.74) is 0.390. The van der Waals surface area contributed by atoms with E-state index >= 15 is 0 Å². The second-order valence-corrected chi connectivity index (χ2v) is 4.90. The molecule has 25 heavy (non-hydrogen) atoms. The summed E-state index contributed by atoms with van der Waals surface area (Å²) in [5.74, 6) is -2.58. The second-order valence-electron chi connectivity index (χ2n) is 4.90. The van der Waals surface area contributed by atoms with E-state index in [1.54, 1.807) is 6.07 Å². The van der Waals surface area contributed by atoms with E-state index in [-0.39, 0.29) is 17.0 Å². The van der Waals surface area contributed by atoms with Crippen molar-refractivity contribution in [3.8, 4) is 5.75 Å². The van der Waals surface area contributed by atoms with Crippen molar-refractivity contribution >= 4 is 23.6 Å². The zero-order valence-corrected chi connectivity index (χ0v) is 13.5. The molecule has 2 aromatic carbocycles. The number of methoxy groups -OCH3 is 2. The molecule has 0 aromatic heterocycles. The first-order valence-corrected chi connectivity index (χ1v) is 7.15. The number of anilines is 1. The molecule has 0 aliphatic carbocycles. The molecule has 0 bridgehead atoms. The van der Waals surface area contributed by atoms with E-state index in [1.165, 1.54) is 43.5 Å². The van der Waals surface area contributed by atoms with Crippen LogP contribution in [0.4, 0.5) is 14.5 Å². The van der Waals surface area contributed by atoms with E-state index in [4.69, 9.17) is 4.74 Å². The van der Waals surface area contributed by atoms with Crippen LogP contribution in [0.25, 0.3) is 6.08 Å². The number of rotatable bonds is 5. The quantitative estimate of drug-likeness (QED) is 0.665. The third kappa shape index (κ3) is 4.63. The molecular formula is C18H15F2NO4. The third-order valence-corrected chi connectivity index (χ3v) is 3.24. The molecule has 0 unspecified atom stereocenters. The molecule has 1 N–H and O–H groups in total. The predicted molar refractivity (Wildman–Crippen MR) is 88.4 cm³/mol. The predicted octanol–water partition coefficient (Wildman–Crippen LogP) is 3.41. The third-order valence-electron chi connectivity index (χ3n) is 3.24. The Hall–Kier alpha value is -3.22. The van der Waals surface area contributed by atoms with E-state index in [0.717, 1.165) is 13.2 Å². The van der Waals surface area contributed by atoms with Gasteiger partial charge in [0.25, 0.3) is 0 Å². The lowest BCUT2D eigenvalue weighted by Gasteiger charge is -2.06. The lowest BCUT2D eigenvalue weighted by atomic mass is 10.1. The fourth-order valence-electron chi connectivity index (χ4n) is 2.01. The fourth-order valence-corrected chi connectivity index (χ4v) is 2.01. The molecule has 130 valence electrons. The molecule has 2 rings (SSSR count). The molecule has 0 aliphatic rings. The van der Waals surface area contributed by atoms with E-state index < -0.39 is 23.5 Å². The summed E-state index contributed by atoms with van der Waals surface area (Å²) >= 11 is 0. The van der Waals surface area contributed by atoms with Crippen molar-refractivity contribution in [2.24, 2.45) is 0 Å². The summed E-state index contributed by atoms with van der Waals surface area (Å²) in [6.45, 7) is 0. The Kier molecular flexibility index (Phi) is 5.84. The summed E-state index contributed by atoms with van der Waals surface area (Å²) in [4.78, 5) is 23.3. The molecule has 0 saturated heterocycles. The minimum atomic E-state index is -0.849. The van der Waals surface area contributed by atoms with E-state index in [1.807, 2.05) is 0 Å². The van der Waals surface area contributed by atoms with Gasteiger partial charge in [-0.25, -0.2) is 13.6 Å². The maximum atomic E-state index is 13.6. The van der Waals surface area contributed by atoms with Gasteiger partial charge in [-0.15, -0.1) is 0 Å². The van der Waals surface area contributed by atoms with Crippen LogP contribution in [-0.4, -0.2) is 26.1 Å². The van der Waals surface area contributed by atoms with E-state index in [9.17, 15) is 18.4 Å². The highest BCUT2D eigenvalue weighted by Gasteiger charge is 2.13. The maximum Gasteiger partial charge on any atom is 0.340 e. The number of esters is 1. The zero-order valence-electron chi connectivity index (χ0n) is 13.5. The van der Waals surface area contributed by atoms with Crippen molar-refractivity contribution in [1.82, 2.24) is 0 Å². The van der Waals surface area contributed by atoms with Crippen LogP contribution in [0.2, 0.25) is 0 Å². The van der Waals surface area contributed by atoms with Crippen LogP contribution < -0.4 is 10.1 Å². The number of carbonyl (C=O) groups is 2. The van der Waals surface area contributed by atoms with E-state index in [0.29, 0.717) is 5.56 Å². The zero-order chi connectivity index (χ0) is 18.4. The maximum absolute atomic E-state index is 13.6. The van der Waals surface area contributed by atoms with Gasteiger partial charge in [0, 0.05) is 11.8 Å². The van der Waals surface area contributed by atoms with Crippen LogP contribution in [0.15, 0.2) is 42.5 Å². The Morgan fingerprint density at radius 1 is 1.04 bits per heavy atom. The highest BCUT2D eigenvalue weighted by atomic mass is 19.1. The van der Waals surface area contributed by atoms with Gasteiger partial charge in [0.2, 0.25) is 5.91 Å². The van der Waals surface area contributed by atoms with Gasteiger partial charge in [0.15, 0.2) is 11.6 Å². The first-order valence-electron chi connectivity index (χ1n) is 7.15. The molecule has 0 fully saturated rings. The average Bonchev–Trinajstić information content (AvgIpc) is 2.61. The molecule has 2 aromatic rings. The SMILES string of the molecule is COC(=O)c1cc(NC(=O)C=Cc2ccc(OC)c(F)c2)ccc1F. The Morgan fingerprint density at radius 2 is 1.80 bits per heavy atom. The number of benzene rings is 2.